The second kappa shape index (κ2) is 6.34. The van der Waals surface area contributed by atoms with E-state index in [-0.39, 0.29) is 11.6 Å². The highest BCUT2D eigenvalue weighted by atomic mass is 32.1. The van der Waals surface area contributed by atoms with Crippen molar-refractivity contribution < 1.29 is 9.18 Å². The average molecular weight is 272 g/mol. The molecular weight excluding hydrogens is 259 g/mol. The molecule has 96 valence electrons. The predicted octanol–water partition coefficient (Wildman–Crippen LogP) is 3.99. The fourth-order valence-electron chi connectivity index (χ4n) is 1.94. The van der Waals surface area contributed by atoms with E-state index < -0.39 is 0 Å². The quantitative estimate of drug-likeness (QED) is 0.604. The summed E-state index contributed by atoms with van der Waals surface area (Å²) in [5.41, 5.74) is 2.23. The molecule has 0 radical (unpaired) electrons. The number of hydrogen-bond acceptors (Lipinski definition) is 2. The Hall–Kier alpha value is -1.87. The van der Waals surface area contributed by atoms with Gasteiger partial charge in [-0.25, -0.2) is 4.39 Å². The van der Waals surface area contributed by atoms with Gasteiger partial charge >= 0.3 is 0 Å². The first kappa shape index (κ1) is 13.6. The van der Waals surface area contributed by atoms with Crippen LogP contribution in [0.1, 0.15) is 27.9 Å². The zero-order valence-corrected chi connectivity index (χ0v) is 11.1. The van der Waals surface area contributed by atoms with Crippen molar-refractivity contribution >= 4 is 23.4 Å². The Bertz CT molecular complexity index is 607. The van der Waals surface area contributed by atoms with Gasteiger partial charge in [0.15, 0.2) is 5.78 Å². The van der Waals surface area contributed by atoms with E-state index in [0.717, 1.165) is 11.1 Å². The number of carbonyl (C=O) groups is 1. The highest BCUT2D eigenvalue weighted by molar-refractivity contribution is 7.79. The molecule has 0 spiro atoms. The van der Waals surface area contributed by atoms with Crippen molar-refractivity contribution in [2.24, 2.45) is 0 Å². The summed E-state index contributed by atoms with van der Waals surface area (Å²) in [6.07, 6.45) is 0.881. The van der Waals surface area contributed by atoms with Gasteiger partial charge < -0.3 is 0 Å². The molecule has 0 unspecified atom stereocenters. The topological polar surface area (TPSA) is 17.1 Å². The Morgan fingerprint density at radius 1 is 1.16 bits per heavy atom. The van der Waals surface area contributed by atoms with Crippen molar-refractivity contribution in [3.05, 3.63) is 71.0 Å². The Kier molecular flexibility index (Phi) is 4.53. The van der Waals surface area contributed by atoms with E-state index in [9.17, 15) is 9.18 Å². The summed E-state index contributed by atoms with van der Waals surface area (Å²) in [5, 5.41) is 1.51. The van der Waals surface area contributed by atoms with Crippen LogP contribution in [0.2, 0.25) is 0 Å². The molecule has 0 saturated carbocycles. The van der Waals surface area contributed by atoms with E-state index in [1.807, 2.05) is 24.3 Å². The SMILES string of the molecule is O=C(CCc1cccc(F)c1)c1ccccc1C=S. The van der Waals surface area contributed by atoms with Crippen molar-refractivity contribution in [1.82, 2.24) is 0 Å². The van der Waals surface area contributed by atoms with E-state index in [4.69, 9.17) is 12.2 Å². The summed E-state index contributed by atoms with van der Waals surface area (Å²) in [5.74, 6) is -0.245. The van der Waals surface area contributed by atoms with E-state index in [0.29, 0.717) is 18.4 Å². The zero-order valence-electron chi connectivity index (χ0n) is 10.3. The maximum absolute atomic E-state index is 13.0. The third-order valence-corrected chi connectivity index (χ3v) is 3.17. The molecule has 2 rings (SSSR count). The number of ketones is 1. The molecule has 2 aromatic rings. The van der Waals surface area contributed by atoms with E-state index in [1.54, 1.807) is 12.1 Å². The lowest BCUT2D eigenvalue weighted by atomic mass is 9.99. The maximum Gasteiger partial charge on any atom is 0.163 e. The fourth-order valence-corrected chi connectivity index (χ4v) is 2.14. The van der Waals surface area contributed by atoms with Crippen molar-refractivity contribution in [2.45, 2.75) is 12.8 Å². The van der Waals surface area contributed by atoms with Crippen LogP contribution in [-0.4, -0.2) is 11.2 Å². The van der Waals surface area contributed by atoms with Crippen LogP contribution in [0.15, 0.2) is 48.5 Å². The molecule has 0 aliphatic carbocycles. The highest BCUT2D eigenvalue weighted by Gasteiger charge is 2.09. The number of hydrogen-bond donors (Lipinski definition) is 0. The second-order valence-corrected chi connectivity index (χ2v) is 4.49. The van der Waals surface area contributed by atoms with Gasteiger partial charge in [0.05, 0.1) is 0 Å². The number of rotatable bonds is 5. The molecule has 0 bridgehead atoms. The lowest BCUT2D eigenvalue weighted by molar-refractivity contribution is 0.0982. The van der Waals surface area contributed by atoms with Gasteiger partial charge in [-0.2, -0.15) is 0 Å². The van der Waals surface area contributed by atoms with E-state index in [1.165, 1.54) is 17.5 Å². The molecule has 0 N–H and O–H groups in total. The Morgan fingerprint density at radius 3 is 2.68 bits per heavy atom. The minimum atomic E-state index is -0.274. The van der Waals surface area contributed by atoms with Crippen LogP contribution in [0, 0.1) is 5.82 Å². The minimum absolute atomic E-state index is 0.0287. The first-order valence-corrected chi connectivity index (χ1v) is 6.49. The fraction of sp³-hybridized carbons (Fsp3) is 0.125. The average Bonchev–Trinajstić information content (AvgIpc) is 2.45. The number of benzene rings is 2. The number of thiocarbonyl (C=S) groups is 1. The predicted molar refractivity (Wildman–Crippen MR) is 78.3 cm³/mol. The summed E-state index contributed by atoms with van der Waals surface area (Å²) >= 11 is 4.89. The van der Waals surface area contributed by atoms with Crippen molar-refractivity contribution in [3.63, 3.8) is 0 Å². The molecule has 1 nitrogen and oxygen atoms in total. The Balaban J connectivity index is 2.07. The van der Waals surface area contributed by atoms with Gasteiger partial charge in [0.1, 0.15) is 5.82 Å². The Morgan fingerprint density at radius 2 is 1.95 bits per heavy atom. The van der Waals surface area contributed by atoms with E-state index >= 15 is 0 Å². The van der Waals surface area contributed by atoms with Crippen molar-refractivity contribution in [2.75, 3.05) is 0 Å². The van der Waals surface area contributed by atoms with Crippen LogP contribution in [-0.2, 0) is 6.42 Å². The van der Waals surface area contributed by atoms with Crippen LogP contribution in [0.3, 0.4) is 0 Å². The first-order chi connectivity index (χ1) is 9.20. The summed E-state index contributed by atoms with van der Waals surface area (Å²) in [6.45, 7) is 0. The molecule has 0 amide bonds. The first-order valence-electron chi connectivity index (χ1n) is 6.02. The lowest BCUT2D eigenvalue weighted by Crippen LogP contribution is -2.04. The molecule has 0 heterocycles. The molecule has 0 saturated heterocycles. The molecule has 0 aromatic heterocycles. The summed E-state index contributed by atoms with van der Waals surface area (Å²) < 4.78 is 13.0. The molecule has 3 heteroatoms. The largest absolute Gasteiger partial charge is 0.294 e. The molecule has 0 fully saturated rings. The monoisotopic (exact) mass is 272 g/mol. The molecular formula is C16H13FOS. The molecule has 2 aromatic carbocycles. The van der Waals surface area contributed by atoms with Crippen LogP contribution in [0.25, 0.3) is 0 Å². The van der Waals surface area contributed by atoms with Crippen LogP contribution < -0.4 is 0 Å². The maximum atomic E-state index is 13.0. The third-order valence-electron chi connectivity index (χ3n) is 2.92. The summed E-state index contributed by atoms with van der Waals surface area (Å²) in [6, 6.07) is 13.6. The summed E-state index contributed by atoms with van der Waals surface area (Å²) in [4.78, 5) is 12.1. The number of aryl methyl sites for hydroxylation is 1. The van der Waals surface area contributed by atoms with Gasteiger partial charge in [0, 0.05) is 17.4 Å². The number of Topliss-reactive ketones (excluding diaryl/α,β-unsaturated/α-hetero) is 1. The van der Waals surface area contributed by atoms with Gasteiger partial charge in [-0.15, -0.1) is 0 Å². The lowest BCUT2D eigenvalue weighted by Gasteiger charge is -2.05. The zero-order chi connectivity index (χ0) is 13.7. The standard InChI is InChI=1S/C16H13FOS/c17-14-6-3-4-12(10-14)8-9-16(18)15-7-2-1-5-13(15)11-19/h1-7,10-11H,8-9H2. The van der Waals surface area contributed by atoms with Crippen molar-refractivity contribution in [3.8, 4) is 0 Å². The van der Waals surface area contributed by atoms with Crippen LogP contribution >= 0.6 is 12.2 Å². The van der Waals surface area contributed by atoms with Crippen LogP contribution in [0.4, 0.5) is 4.39 Å². The summed E-state index contributed by atoms with van der Waals surface area (Å²) in [7, 11) is 0. The molecule has 0 aliphatic rings. The van der Waals surface area contributed by atoms with Gasteiger partial charge in [0.25, 0.3) is 0 Å². The third kappa shape index (κ3) is 3.55. The Labute approximate surface area is 117 Å². The van der Waals surface area contributed by atoms with E-state index in [2.05, 4.69) is 0 Å². The second-order valence-electron chi connectivity index (χ2n) is 4.26. The highest BCUT2D eigenvalue weighted by Crippen LogP contribution is 2.13. The molecule has 0 atom stereocenters. The number of carbonyl (C=O) groups excluding carboxylic acids is 1. The van der Waals surface area contributed by atoms with Gasteiger partial charge in [0.2, 0.25) is 0 Å². The normalized spacial score (nSPS) is 10.2. The van der Waals surface area contributed by atoms with Gasteiger partial charge in [-0.05, 0) is 29.7 Å². The van der Waals surface area contributed by atoms with Crippen molar-refractivity contribution in [1.29, 1.82) is 0 Å². The molecule has 0 aliphatic heterocycles. The number of halogens is 1. The smallest absolute Gasteiger partial charge is 0.163 e. The van der Waals surface area contributed by atoms with Gasteiger partial charge in [-0.3, -0.25) is 4.79 Å². The van der Waals surface area contributed by atoms with Gasteiger partial charge in [-0.1, -0.05) is 48.6 Å². The molecule has 19 heavy (non-hydrogen) atoms. The minimum Gasteiger partial charge on any atom is -0.294 e. The van der Waals surface area contributed by atoms with Crippen LogP contribution in [0.5, 0.6) is 0 Å².